The van der Waals surface area contributed by atoms with Gasteiger partial charge >= 0.3 is 0 Å². The Hall–Kier alpha value is -1.85. The van der Waals surface area contributed by atoms with Gasteiger partial charge in [0.2, 0.25) is 0 Å². The van der Waals surface area contributed by atoms with E-state index in [1.807, 2.05) is 42.5 Å². The molecule has 1 fully saturated rings. The second-order valence-corrected chi connectivity index (χ2v) is 7.37. The maximum absolute atomic E-state index is 12.3. The topological polar surface area (TPSA) is 45.2 Å². The number of rotatable bonds is 5. The van der Waals surface area contributed by atoms with Gasteiger partial charge in [-0.05, 0) is 68.8 Å². The Labute approximate surface area is 147 Å². The Kier molecular flexibility index (Phi) is 5.88. The van der Waals surface area contributed by atoms with Crippen molar-refractivity contribution in [2.75, 3.05) is 26.7 Å². The van der Waals surface area contributed by atoms with Crippen molar-refractivity contribution in [3.63, 3.8) is 0 Å². The number of benzene rings is 1. The number of carbonyl (C=O) groups excluding carboxylic acids is 1. The van der Waals surface area contributed by atoms with Gasteiger partial charge in [0, 0.05) is 29.7 Å². The standard InChI is InChI=1S/C19H23N3OS/c1-22-12-4-5-15(14-22)13-21-19(23)16-7-9-17(10-8-16)24-18-6-2-3-11-20-18/h2-3,6-11,15H,4-5,12-14H2,1H3,(H,21,23)/t15-/m0/s1. The van der Waals surface area contributed by atoms with E-state index in [-0.39, 0.29) is 5.91 Å². The lowest BCUT2D eigenvalue weighted by Gasteiger charge is -2.29. The van der Waals surface area contributed by atoms with E-state index in [4.69, 9.17) is 0 Å². The van der Waals surface area contributed by atoms with Crippen molar-refractivity contribution in [3.8, 4) is 0 Å². The van der Waals surface area contributed by atoms with Crippen LogP contribution in [0.2, 0.25) is 0 Å². The molecule has 1 amide bonds. The smallest absolute Gasteiger partial charge is 0.251 e. The van der Waals surface area contributed by atoms with Crippen LogP contribution in [0.15, 0.2) is 58.6 Å². The fourth-order valence-corrected chi connectivity index (χ4v) is 3.76. The van der Waals surface area contributed by atoms with E-state index in [0.717, 1.165) is 23.0 Å². The summed E-state index contributed by atoms with van der Waals surface area (Å²) in [5.74, 6) is 0.573. The summed E-state index contributed by atoms with van der Waals surface area (Å²) in [5.41, 5.74) is 0.713. The molecule has 1 aliphatic rings. The molecule has 126 valence electrons. The molecular weight excluding hydrogens is 318 g/mol. The third-order valence-corrected chi connectivity index (χ3v) is 5.21. The number of hydrogen-bond donors (Lipinski definition) is 1. The normalized spacial score (nSPS) is 18.3. The van der Waals surface area contributed by atoms with Gasteiger partial charge in [0.15, 0.2) is 0 Å². The summed E-state index contributed by atoms with van der Waals surface area (Å²) in [7, 11) is 2.14. The summed E-state index contributed by atoms with van der Waals surface area (Å²) in [6.45, 7) is 2.99. The average molecular weight is 341 g/mol. The number of likely N-dealkylation sites (tertiary alicyclic amines) is 1. The first-order valence-electron chi connectivity index (χ1n) is 8.36. The first-order chi connectivity index (χ1) is 11.7. The Morgan fingerprint density at radius 3 is 2.83 bits per heavy atom. The highest BCUT2D eigenvalue weighted by Crippen LogP contribution is 2.25. The number of hydrogen-bond acceptors (Lipinski definition) is 4. The van der Waals surface area contributed by atoms with Crippen LogP contribution >= 0.6 is 11.8 Å². The Balaban J connectivity index is 1.52. The minimum atomic E-state index is 0.0117. The number of aromatic nitrogens is 1. The van der Waals surface area contributed by atoms with Crippen molar-refractivity contribution in [2.24, 2.45) is 5.92 Å². The van der Waals surface area contributed by atoms with Crippen LogP contribution in [0.1, 0.15) is 23.2 Å². The molecule has 1 aromatic carbocycles. The van der Waals surface area contributed by atoms with Gasteiger partial charge < -0.3 is 10.2 Å². The second kappa shape index (κ2) is 8.31. The fourth-order valence-electron chi connectivity index (χ4n) is 2.98. The molecule has 0 aliphatic carbocycles. The molecular formula is C19H23N3OS. The van der Waals surface area contributed by atoms with Crippen LogP contribution in [0, 0.1) is 5.92 Å². The van der Waals surface area contributed by atoms with E-state index >= 15 is 0 Å². The molecule has 3 rings (SSSR count). The predicted molar refractivity (Wildman–Crippen MR) is 97.4 cm³/mol. The fraction of sp³-hybridized carbons (Fsp3) is 0.368. The van der Waals surface area contributed by atoms with Crippen molar-refractivity contribution in [1.29, 1.82) is 0 Å². The number of nitrogens with one attached hydrogen (secondary N) is 1. The number of nitrogens with zero attached hydrogens (tertiary/aromatic N) is 2. The second-order valence-electron chi connectivity index (χ2n) is 6.27. The number of pyridine rings is 1. The van der Waals surface area contributed by atoms with Crippen molar-refractivity contribution in [2.45, 2.75) is 22.8 Å². The van der Waals surface area contributed by atoms with Crippen molar-refractivity contribution in [1.82, 2.24) is 15.2 Å². The zero-order valence-electron chi connectivity index (χ0n) is 13.9. The third kappa shape index (κ3) is 4.82. The van der Waals surface area contributed by atoms with Crippen LogP contribution in [-0.2, 0) is 0 Å². The number of carbonyl (C=O) groups is 1. The molecule has 4 nitrogen and oxygen atoms in total. The van der Waals surface area contributed by atoms with Gasteiger partial charge in [-0.25, -0.2) is 4.98 Å². The van der Waals surface area contributed by atoms with Gasteiger partial charge in [-0.15, -0.1) is 0 Å². The predicted octanol–water partition coefficient (Wildman–Crippen LogP) is 3.30. The monoisotopic (exact) mass is 341 g/mol. The van der Waals surface area contributed by atoms with Crippen LogP contribution in [0.4, 0.5) is 0 Å². The summed E-state index contributed by atoms with van der Waals surface area (Å²) in [5, 5.41) is 4.03. The molecule has 1 aromatic heterocycles. The summed E-state index contributed by atoms with van der Waals surface area (Å²) in [6, 6.07) is 13.6. The SMILES string of the molecule is CN1CCC[C@@H](CNC(=O)c2ccc(Sc3ccccn3)cc2)C1. The summed E-state index contributed by atoms with van der Waals surface area (Å²) in [4.78, 5) is 20.0. The van der Waals surface area contributed by atoms with Gasteiger partial charge in [-0.3, -0.25) is 4.79 Å². The lowest BCUT2D eigenvalue weighted by molar-refractivity contribution is 0.0937. The summed E-state index contributed by atoms with van der Waals surface area (Å²) >= 11 is 1.60. The van der Waals surface area contributed by atoms with E-state index < -0.39 is 0 Å². The highest BCUT2D eigenvalue weighted by atomic mass is 32.2. The van der Waals surface area contributed by atoms with E-state index in [1.165, 1.54) is 19.4 Å². The Morgan fingerprint density at radius 1 is 1.29 bits per heavy atom. The Bertz CT molecular complexity index is 660. The van der Waals surface area contributed by atoms with Crippen LogP contribution in [-0.4, -0.2) is 42.5 Å². The zero-order valence-corrected chi connectivity index (χ0v) is 14.8. The molecule has 1 saturated heterocycles. The van der Waals surface area contributed by atoms with Gasteiger partial charge in [0.05, 0.1) is 0 Å². The number of amides is 1. The van der Waals surface area contributed by atoms with E-state index in [2.05, 4.69) is 22.2 Å². The number of piperidine rings is 1. The molecule has 1 atom stereocenters. The average Bonchev–Trinajstić information content (AvgIpc) is 2.61. The lowest BCUT2D eigenvalue weighted by Crippen LogP contribution is -2.39. The highest BCUT2D eigenvalue weighted by molar-refractivity contribution is 7.99. The maximum atomic E-state index is 12.3. The van der Waals surface area contributed by atoms with Crippen molar-refractivity contribution < 1.29 is 4.79 Å². The highest BCUT2D eigenvalue weighted by Gasteiger charge is 2.18. The van der Waals surface area contributed by atoms with Crippen molar-refractivity contribution >= 4 is 17.7 Å². The van der Waals surface area contributed by atoms with Gasteiger partial charge in [-0.1, -0.05) is 17.8 Å². The molecule has 0 bridgehead atoms. The lowest BCUT2D eigenvalue weighted by atomic mass is 9.98. The first kappa shape index (κ1) is 17.0. The summed E-state index contributed by atoms with van der Waals surface area (Å²) < 4.78 is 0. The van der Waals surface area contributed by atoms with E-state index in [9.17, 15) is 4.79 Å². The maximum Gasteiger partial charge on any atom is 0.251 e. The van der Waals surface area contributed by atoms with Crippen LogP contribution in [0.5, 0.6) is 0 Å². The quantitative estimate of drug-likeness (QED) is 0.906. The van der Waals surface area contributed by atoms with E-state index in [1.54, 1.807) is 18.0 Å². The molecule has 0 saturated carbocycles. The largest absolute Gasteiger partial charge is 0.352 e. The molecule has 5 heteroatoms. The molecule has 0 unspecified atom stereocenters. The van der Waals surface area contributed by atoms with E-state index in [0.29, 0.717) is 11.5 Å². The molecule has 0 radical (unpaired) electrons. The summed E-state index contributed by atoms with van der Waals surface area (Å²) in [6.07, 6.45) is 4.20. The van der Waals surface area contributed by atoms with Crippen LogP contribution in [0.3, 0.4) is 0 Å². The zero-order chi connectivity index (χ0) is 16.8. The molecule has 2 heterocycles. The van der Waals surface area contributed by atoms with Gasteiger partial charge in [-0.2, -0.15) is 0 Å². The van der Waals surface area contributed by atoms with Gasteiger partial charge in [0.1, 0.15) is 5.03 Å². The van der Waals surface area contributed by atoms with Crippen LogP contribution < -0.4 is 5.32 Å². The first-order valence-corrected chi connectivity index (χ1v) is 9.18. The van der Waals surface area contributed by atoms with Crippen LogP contribution in [0.25, 0.3) is 0 Å². The minimum Gasteiger partial charge on any atom is -0.352 e. The Morgan fingerprint density at radius 2 is 2.12 bits per heavy atom. The molecule has 2 aromatic rings. The van der Waals surface area contributed by atoms with Crippen molar-refractivity contribution in [3.05, 3.63) is 54.2 Å². The minimum absolute atomic E-state index is 0.0117. The van der Waals surface area contributed by atoms with Gasteiger partial charge in [0.25, 0.3) is 5.91 Å². The third-order valence-electron chi connectivity index (χ3n) is 4.25. The molecule has 1 N–H and O–H groups in total. The molecule has 0 spiro atoms. The molecule has 24 heavy (non-hydrogen) atoms. The molecule has 1 aliphatic heterocycles.